The molecule has 5 nitrogen and oxygen atoms in total. The van der Waals surface area contributed by atoms with Crippen molar-refractivity contribution in [3.05, 3.63) is 21.4 Å². The van der Waals surface area contributed by atoms with Gasteiger partial charge < -0.3 is 4.74 Å². The van der Waals surface area contributed by atoms with Crippen LogP contribution in [-0.2, 0) is 11.3 Å². The zero-order valence-corrected chi connectivity index (χ0v) is 12.3. The molecule has 19 heavy (non-hydrogen) atoms. The summed E-state index contributed by atoms with van der Waals surface area (Å²) in [6.45, 7) is 4.62. The maximum atomic E-state index is 11.5. The highest BCUT2D eigenvalue weighted by molar-refractivity contribution is 7.14. The number of hydrazine groups is 1. The molecule has 1 aliphatic carbocycles. The quantitative estimate of drug-likeness (QED) is 0.449. The highest BCUT2D eigenvalue weighted by atomic mass is 32.1. The number of hydrogen-bond donors (Lipinski definition) is 2. The molecule has 1 heterocycles. The molecule has 0 aromatic carbocycles. The number of carbonyl (C=O) groups is 1. The zero-order chi connectivity index (χ0) is 13.8. The van der Waals surface area contributed by atoms with E-state index in [4.69, 9.17) is 10.6 Å². The Morgan fingerprint density at radius 3 is 2.95 bits per heavy atom. The number of amides is 1. The number of methoxy groups -OCH3 is 1. The van der Waals surface area contributed by atoms with Crippen molar-refractivity contribution in [3.8, 4) is 0 Å². The van der Waals surface area contributed by atoms with Crippen molar-refractivity contribution in [1.82, 2.24) is 10.3 Å². The van der Waals surface area contributed by atoms with Crippen molar-refractivity contribution in [3.63, 3.8) is 0 Å². The normalized spacial score (nSPS) is 14.9. The maximum absolute atomic E-state index is 11.5. The summed E-state index contributed by atoms with van der Waals surface area (Å²) < 4.78 is 5.16. The first kappa shape index (κ1) is 14.5. The number of rotatable bonds is 7. The van der Waals surface area contributed by atoms with Crippen LogP contribution in [0.4, 0.5) is 0 Å². The topological polar surface area (TPSA) is 67.6 Å². The second kappa shape index (κ2) is 6.47. The Morgan fingerprint density at radius 2 is 2.37 bits per heavy atom. The minimum absolute atomic E-state index is 0.214. The molecule has 0 saturated heterocycles. The Kier molecular flexibility index (Phi) is 4.93. The van der Waals surface area contributed by atoms with E-state index in [-0.39, 0.29) is 5.91 Å². The van der Waals surface area contributed by atoms with E-state index < -0.39 is 0 Å². The summed E-state index contributed by atoms with van der Waals surface area (Å²) >= 11 is 1.50. The van der Waals surface area contributed by atoms with Crippen molar-refractivity contribution in [2.75, 3.05) is 20.3 Å². The predicted octanol–water partition coefficient (Wildman–Crippen LogP) is 1.27. The fraction of sp³-hybridized carbons (Fsp3) is 0.615. The average Bonchev–Trinajstić information content (AvgIpc) is 3.19. The third-order valence-electron chi connectivity index (χ3n) is 3.39. The van der Waals surface area contributed by atoms with Crippen molar-refractivity contribution in [2.45, 2.75) is 32.4 Å². The molecule has 0 bridgehead atoms. The van der Waals surface area contributed by atoms with Crippen LogP contribution in [0.15, 0.2) is 6.07 Å². The number of thiophene rings is 1. The molecule has 1 fully saturated rings. The van der Waals surface area contributed by atoms with Gasteiger partial charge in [-0.15, -0.1) is 11.3 Å². The van der Waals surface area contributed by atoms with Crippen molar-refractivity contribution < 1.29 is 9.53 Å². The number of aryl methyl sites for hydroxylation is 1. The highest BCUT2D eigenvalue weighted by Gasteiger charge is 2.29. The third kappa shape index (κ3) is 3.76. The van der Waals surface area contributed by atoms with Crippen LogP contribution in [0.2, 0.25) is 0 Å². The van der Waals surface area contributed by atoms with Crippen molar-refractivity contribution >= 4 is 17.2 Å². The first-order valence-electron chi connectivity index (χ1n) is 6.49. The number of hydrogen-bond acceptors (Lipinski definition) is 5. The minimum atomic E-state index is -0.214. The third-order valence-corrected chi connectivity index (χ3v) is 4.49. The smallest absolute Gasteiger partial charge is 0.275 e. The van der Waals surface area contributed by atoms with Gasteiger partial charge in [0.2, 0.25) is 0 Å². The first-order valence-corrected chi connectivity index (χ1v) is 7.30. The molecular weight excluding hydrogens is 262 g/mol. The summed E-state index contributed by atoms with van der Waals surface area (Å²) in [5, 5.41) is 0. The van der Waals surface area contributed by atoms with Gasteiger partial charge in [0.25, 0.3) is 5.91 Å². The summed E-state index contributed by atoms with van der Waals surface area (Å²) in [6.07, 6.45) is 2.53. The van der Waals surface area contributed by atoms with Gasteiger partial charge in [-0.1, -0.05) is 0 Å². The van der Waals surface area contributed by atoms with E-state index in [1.165, 1.54) is 34.6 Å². The van der Waals surface area contributed by atoms with E-state index in [9.17, 15) is 4.79 Å². The Hall–Kier alpha value is -0.950. The van der Waals surface area contributed by atoms with Gasteiger partial charge in [0.05, 0.1) is 11.5 Å². The molecule has 3 N–H and O–H groups in total. The first-order chi connectivity index (χ1) is 9.15. The van der Waals surface area contributed by atoms with Crippen LogP contribution in [0.3, 0.4) is 0 Å². The number of ether oxygens (including phenoxy) is 1. The van der Waals surface area contributed by atoms with E-state index in [0.717, 1.165) is 19.7 Å². The van der Waals surface area contributed by atoms with Crippen LogP contribution in [-0.4, -0.2) is 37.1 Å². The molecule has 1 aliphatic rings. The summed E-state index contributed by atoms with van der Waals surface area (Å²) in [6, 6.07) is 2.63. The lowest BCUT2D eigenvalue weighted by Gasteiger charge is -2.21. The lowest BCUT2D eigenvalue weighted by molar-refractivity contribution is 0.0957. The molecule has 0 atom stereocenters. The van der Waals surface area contributed by atoms with Gasteiger partial charge in [-0.05, 0) is 31.4 Å². The fourth-order valence-corrected chi connectivity index (χ4v) is 3.05. The molecule has 0 unspecified atom stereocenters. The maximum Gasteiger partial charge on any atom is 0.275 e. The Labute approximate surface area is 117 Å². The average molecular weight is 283 g/mol. The Bertz CT molecular complexity index is 443. The molecule has 0 spiro atoms. The van der Waals surface area contributed by atoms with Crippen LogP contribution in [0, 0.1) is 6.92 Å². The molecule has 0 radical (unpaired) electrons. The van der Waals surface area contributed by atoms with Crippen molar-refractivity contribution in [1.29, 1.82) is 0 Å². The van der Waals surface area contributed by atoms with Gasteiger partial charge in [-0.3, -0.25) is 15.1 Å². The van der Waals surface area contributed by atoms with Gasteiger partial charge in [0, 0.05) is 31.1 Å². The van der Waals surface area contributed by atoms with Crippen LogP contribution >= 0.6 is 11.3 Å². The van der Waals surface area contributed by atoms with Crippen LogP contribution < -0.4 is 11.3 Å². The van der Waals surface area contributed by atoms with E-state index in [1.807, 2.05) is 6.07 Å². The standard InChI is InChI=1S/C13H21N3O2S/c1-9-10(7-12(19-9)13(17)15-14)8-16(5-6-18-2)11-3-4-11/h7,11H,3-6,8,14H2,1-2H3,(H,15,17). The van der Waals surface area contributed by atoms with Gasteiger partial charge in [-0.25, -0.2) is 5.84 Å². The lowest BCUT2D eigenvalue weighted by atomic mass is 10.2. The summed E-state index contributed by atoms with van der Waals surface area (Å²) in [7, 11) is 1.73. The molecule has 1 saturated carbocycles. The number of nitrogen functional groups attached to an aromatic ring is 1. The number of carbonyl (C=O) groups excluding carboxylic acids is 1. The van der Waals surface area contributed by atoms with E-state index in [2.05, 4.69) is 17.2 Å². The van der Waals surface area contributed by atoms with Crippen LogP contribution in [0.5, 0.6) is 0 Å². The molecule has 106 valence electrons. The molecule has 1 aromatic heterocycles. The molecule has 0 aliphatic heterocycles. The SMILES string of the molecule is COCCN(Cc1cc(C(=O)NN)sc1C)C1CC1. The largest absolute Gasteiger partial charge is 0.383 e. The summed E-state index contributed by atoms with van der Waals surface area (Å²) in [5.41, 5.74) is 3.40. The number of nitrogens with one attached hydrogen (secondary N) is 1. The van der Waals surface area contributed by atoms with Gasteiger partial charge in [-0.2, -0.15) is 0 Å². The molecule has 1 amide bonds. The Morgan fingerprint density at radius 1 is 1.63 bits per heavy atom. The summed E-state index contributed by atoms with van der Waals surface area (Å²) in [4.78, 5) is 15.8. The van der Waals surface area contributed by atoms with E-state index in [1.54, 1.807) is 7.11 Å². The number of nitrogens with zero attached hydrogens (tertiary/aromatic N) is 1. The van der Waals surface area contributed by atoms with Gasteiger partial charge in [0.15, 0.2) is 0 Å². The highest BCUT2D eigenvalue weighted by Crippen LogP contribution is 2.30. The van der Waals surface area contributed by atoms with E-state index in [0.29, 0.717) is 10.9 Å². The second-order valence-electron chi connectivity index (χ2n) is 4.86. The molecule has 6 heteroatoms. The zero-order valence-electron chi connectivity index (χ0n) is 11.4. The molecular formula is C13H21N3O2S. The lowest BCUT2D eigenvalue weighted by Crippen LogP contribution is -2.30. The summed E-state index contributed by atoms with van der Waals surface area (Å²) in [5.74, 6) is 4.96. The second-order valence-corrected chi connectivity index (χ2v) is 6.12. The van der Waals surface area contributed by atoms with Gasteiger partial charge >= 0.3 is 0 Å². The number of nitrogens with two attached hydrogens (primary N) is 1. The Balaban J connectivity index is 2.03. The minimum Gasteiger partial charge on any atom is -0.383 e. The van der Waals surface area contributed by atoms with E-state index >= 15 is 0 Å². The van der Waals surface area contributed by atoms with Crippen molar-refractivity contribution in [2.24, 2.45) is 5.84 Å². The molecule has 2 rings (SSSR count). The molecule has 1 aromatic rings. The van der Waals surface area contributed by atoms with Gasteiger partial charge in [0.1, 0.15) is 0 Å². The van der Waals surface area contributed by atoms with Crippen LogP contribution in [0.1, 0.15) is 33.0 Å². The predicted molar refractivity (Wildman–Crippen MR) is 76.0 cm³/mol. The van der Waals surface area contributed by atoms with Crippen LogP contribution in [0.25, 0.3) is 0 Å². The fourth-order valence-electron chi connectivity index (χ4n) is 2.12. The monoisotopic (exact) mass is 283 g/mol.